The fraction of sp³-hybridized carbons (Fsp3) is 0.0769. The van der Waals surface area contributed by atoms with Gasteiger partial charge in [0.05, 0.1) is 0 Å². The number of hydrogen-bond acceptors (Lipinski definition) is 0. The molecule has 2 aromatic carbocycles. The minimum Gasteiger partial charge on any atom is -0.0844 e. The van der Waals surface area contributed by atoms with Crippen molar-refractivity contribution in [3.63, 3.8) is 0 Å². The van der Waals surface area contributed by atoms with Crippen molar-refractivity contribution < 1.29 is 0 Å². The Morgan fingerprint density at radius 2 is 1.25 bits per heavy atom. The van der Waals surface area contributed by atoms with Crippen LogP contribution in [0.5, 0.6) is 0 Å². The van der Waals surface area contributed by atoms with Crippen LogP contribution in [0.2, 0.25) is 16.9 Å². The Balaban J connectivity index is 2.35. The predicted molar refractivity (Wildman–Crippen MR) is 73.8 cm³/mol. The Morgan fingerprint density at radius 3 is 1.62 bits per heavy atom. The maximum absolute atomic E-state index is 5.98. The largest absolute Gasteiger partial charge is 0.206 e. The molecule has 0 fully saturated rings. The van der Waals surface area contributed by atoms with Crippen LogP contribution in [0, 0.1) is 0 Å². The van der Waals surface area contributed by atoms with Crippen LogP contribution in [0.1, 0.15) is 0 Å². The molecule has 0 nitrogen and oxygen atoms in total. The maximum Gasteiger partial charge on any atom is 0.206 e. The summed E-state index contributed by atoms with van der Waals surface area (Å²) in [5, 5.41) is 1.54. The highest BCUT2D eigenvalue weighted by molar-refractivity contribution is 6.84. The van der Waals surface area contributed by atoms with Gasteiger partial charge in [-0.1, -0.05) is 65.2 Å². The summed E-state index contributed by atoms with van der Waals surface area (Å²) in [5.41, 5.74) is 2.41. The molecule has 2 aromatic rings. The Hall–Kier alpha value is -0.915. The summed E-state index contributed by atoms with van der Waals surface area (Å²) in [5.74, 6) is 0. The second kappa shape index (κ2) is 4.94. The number of benzene rings is 2. The van der Waals surface area contributed by atoms with E-state index in [4.69, 9.17) is 23.2 Å². The molecular formula is C13H11BCl2. The lowest BCUT2D eigenvalue weighted by Gasteiger charge is -2.09. The van der Waals surface area contributed by atoms with Gasteiger partial charge in [-0.05, 0) is 24.3 Å². The van der Waals surface area contributed by atoms with Gasteiger partial charge in [0.25, 0.3) is 0 Å². The minimum absolute atomic E-state index is 0.303. The molecule has 0 N–H and O–H groups in total. The molecule has 2 rings (SSSR count). The lowest BCUT2D eigenvalue weighted by atomic mass is 9.43. The molecule has 0 aliphatic rings. The van der Waals surface area contributed by atoms with Crippen molar-refractivity contribution >= 4 is 40.8 Å². The zero-order valence-electron chi connectivity index (χ0n) is 8.95. The first kappa shape index (κ1) is 11.6. The molecule has 0 aliphatic carbocycles. The van der Waals surface area contributed by atoms with Gasteiger partial charge in [0, 0.05) is 10.0 Å². The van der Waals surface area contributed by atoms with Crippen LogP contribution in [-0.2, 0) is 0 Å². The first-order valence-electron chi connectivity index (χ1n) is 5.18. The Bertz CT molecular complexity index is 451. The molecule has 0 bridgehead atoms. The van der Waals surface area contributed by atoms with Crippen molar-refractivity contribution in [2.75, 3.05) is 0 Å². The predicted octanol–water partition coefficient (Wildman–Crippen LogP) is 3.23. The lowest BCUT2D eigenvalue weighted by Crippen LogP contribution is -2.39. The monoisotopic (exact) mass is 248 g/mol. The van der Waals surface area contributed by atoms with E-state index in [1.807, 2.05) is 36.4 Å². The summed E-state index contributed by atoms with van der Waals surface area (Å²) >= 11 is 12.0. The zero-order valence-corrected chi connectivity index (χ0v) is 10.5. The number of hydrogen-bond donors (Lipinski definition) is 0. The van der Waals surface area contributed by atoms with E-state index < -0.39 is 0 Å². The van der Waals surface area contributed by atoms with Crippen LogP contribution in [0.25, 0.3) is 0 Å². The molecule has 0 atom stereocenters. The smallest absolute Gasteiger partial charge is 0.0844 e. The van der Waals surface area contributed by atoms with E-state index in [1.54, 1.807) is 0 Å². The second-order valence-electron chi connectivity index (χ2n) is 3.83. The van der Waals surface area contributed by atoms with Crippen LogP contribution in [0.15, 0.2) is 48.5 Å². The lowest BCUT2D eigenvalue weighted by molar-refractivity contribution is 1.72. The molecule has 0 amide bonds. The Labute approximate surface area is 106 Å². The molecule has 0 saturated heterocycles. The third kappa shape index (κ3) is 2.60. The topological polar surface area (TPSA) is 0 Å². The summed E-state index contributed by atoms with van der Waals surface area (Å²) in [7, 11) is 0. The van der Waals surface area contributed by atoms with Crippen LogP contribution in [0.3, 0.4) is 0 Å². The van der Waals surface area contributed by atoms with Crippen molar-refractivity contribution in [1.82, 2.24) is 0 Å². The van der Waals surface area contributed by atoms with Gasteiger partial charge in [0.15, 0.2) is 0 Å². The molecule has 3 heteroatoms. The van der Waals surface area contributed by atoms with Gasteiger partial charge < -0.3 is 0 Å². The molecule has 0 aliphatic heterocycles. The van der Waals surface area contributed by atoms with Crippen LogP contribution in [0.4, 0.5) is 0 Å². The van der Waals surface area contributed by atoms with Gasteiger partial charge in [-0.2, -0.15) is 0 Å². The fourth-order valence-corrected chi connectivity index (χ4v) is 2.14. The maximum atomic E-state index is 5.98. The summed E-state index contributed by atoms with van der Waals surface area (Å²) in [6, 6.07) is 15.9. The fourth-order valence-electron chi connectivity index (χ4n) is 1.74. The van der Waals surface area contributed by atoms with E-state index in [9.17, 15) is 0 Å². The molecule has 80 valence electrons. The average Bonchev–Trinajstić information content (AvgIpc) is 2.28. The van der Waals surface area contributed by atoms with Crippen LogP contribution >= 0.6 is 23.2 Å². The highest BCUT2D eigenvalue weighted by atomic mass is 35.5. The highest BCUT2D eigenvalue weighted by Crippen LogP contribution is 2.07. The first-order chi connectivity index (χ1) is 7.66. The van der Waals surface area contributed by atoms with Gasteiger partial charge in [-0.25, -0.2) is 0 Å². The SMILES string of the molecule is CB(c1cccc(Cl)c1)c1cccc(Cl)c1. The molecule has 0 heterocycles. The summed E-state index contributed by atoms with van der Waals surface area (Å²) in [6.45, 7) is 2.45. The van der Waals surface area contributed by atoms with Gasteiger partial charge in [-0.15, -0.1) is 0 Å². The molecular weight excluding hydrogens is 238 g/mol. The molecule has 0 radical (unpaired) electrons. The number of rotatable bonds is 2. The zero-order chi connectivity index (χ0) is 11.5. The van der Waals surface area contributed by atoms with Gasteiger partial charge >= 0.3 is 0 Å². The van der Waals surface area contributed by atoms with E-state index in [1.165, 1.54) is 10.9 Å². The number of halogens is 2. The van der Waals surface area contributed by atoms with E-state index in [-0.39, 0.29) is 0 Å². The average molecular weight is 249 g/mol. The standard InChI is InChI=1S/C13H11BCl2/c1-14(10-4-2-6-12(15)8-10)11-5-3-7-13(16)9-11/h2-9H,1H3. The Kier molecular flexibility index (Phi) is 3.57. The third-order valence-electron chi connectivity index (χ3n) is 2.70. The van der Waals surface area contributed by atoms with Crippen LogP contribution in [-0.4, -0.2) is 6.71 Å². The van der Waals surface area contributed by atoms with Crippen molar-refractivity contribution in [2.45, 2.75) is 6.82 Å². The molecule has 0 aromatic heterocycles. The first-order valence-corrected chi connectivity index (χ1v) is 5.93. The van der Waals surface area contributed by atoms with Crippen molar-refractivity contribution in [2.24, 2.45) is 0 Å². The van der Waals surface area contributed by atoms with E-state index in [0.29, 0.717) is 6.71 Å². The minimum atomic E-state index is 0.303. The van der Waals surface area contributed by atoms with Gasteiger partial charge in [-0.3, -0.25) is 0 Å². The molecule has 16 heavy (non-hydrogen) atoms. The molecule has 0 unspecified atom stereocenters. The van der Waals surface area contributed by atoms with E-state index >= 15 is 0 Å². The van der Waals surface area contributed by atoms with E-state index in [0.717, 1.165) is 10.0 Å². The molecule has 0 spiro atoms. The highest BCUT2D eigenvalue weighted by Gasteiger charge is 2.13. The van der Waals surface area contributed by atoms with E-state index in [2.05, 4.69) is 19.0 Å². The Morgan fingerprint density at radius 1 is 0.812 bits per heavy atom. The summed E-state index contributed by atoms with van der Waals surface area (Å²) < 4.78 is 0. The summed E-state index contributed by atoms with van der Waals surface area (Å²) in [6.07, 6.45) is 0. The van der Waals surface area contributed by atoms with Crippen LogP contribution < -0.4 is 10.9 Å². The van der Waals surface area contributed by atoms with Crippen molar-refractivity contribution in [3.8, 4) is 0 Å². The second-order valence-corrected chi connectivity index (χ2v) is 4.70. The quantitative estimate of drug-likeness (QED) is 0.716. The summed E-state index contributed by atoms with van der Waals surface area (Å²) in [4.78, 5) is 0. The normalized spacial score (nSPS) is 10.2. The van der Waals surface area contributed by atoms with Crippen molar-refractivity contribution in [1.29, 1.82) is 0 Å². The van der Waals surface area contributed by atoms with Crippen molar-refractivity contribution in [3.05, 3.63) is 58.6 Å². The van der Waals surface area contributed by atoms with Gasteiger partial charge in [0.2, 0.25) is 6.71 Å². The third-order valence-corrected chi connectivity index (χ3v) is 3.17. The van der Waals surface area contributed by atoms with Gasteiger partial charge in [0.1, 0.15) is 0 Å². The molecule has 0 saturated carbocycles.